The molecular formula is C22H26N4O2. The molecule has 28 heavy (non-hydrogen) atoms. The Bertz CT molecular complexity index is 827. The van der Waals surface area contributed by atoms with Crippen molar-refractivity contribution in [1.82, 2.24) is 15.1 Å². The molecule has 2 heterocycles. The second-order valence-electron chi connectivity index (χ2n) is 7.11. The van der Waals surface area contributed by atoms with E-state index in [0.29, 0.717) is 24.7 Å². The van der Waals surface area contributed by atoms with Crippen LogP contribution in [0.1, 0.15) is 28.4 Å². The van der Waals surface area contributed by atoms with Gasteiger partial charge in [0.1, 0.15) is 5.75 Å². The zero-order valence-corrected chi connectivity index (χ0v) is 16.2. The summed E-state index contributed by atoms with van der Waals surface area (Å²) < 4.78 is 5.16. The van der Waals surface area contributed by atoms with Gasteiger partial charge in [0.2, 0.25) is 0 Å². The van der Waals surface area contributed by atoms with Gasteiger partial charge in [0, 0.05) is 38.3 Å². The highest BCUT2D eigenvalue weighted by molar-refractivity contribution is 5.94. The van der Waals surface area contributed by atoms with E-state index in [4.69, 9.17) is 9.73 Å². The molecule has 0 saturated carbocycles. The van der Waals surface area contributed by atoms with Crippen LogP contribution in [0.4, 0.5) is 0 Å². The van der Waals surface area contributed by atoms with Crippen LogP contribution in [0.3, 0.4) is 0 Å². The van der Waals surface area contributed by atoms with Crippen LogP contribution >= 0.6 is 0 Å². The van der Waals surface area contributed by atoms with Gasteiger partial charge in [-0.3, -0.25) is 9.79 Å². The largest absolute Gasteiger partial charge is 0.497 e. The minimum Gasteiger partial charge on any atom is -0.497 e. The third kappa shape index (κ3) is 3.96. The van der Waals surface area contributed by atoms with Crippen molar-refractivity contribution >= 4 is 11.9 Å². The summed E-state index contributed by atoms with van der Waals surface area (Å²) >= 11 is 0. The molecular weight excluding hydrogens is 352 g/mol. The van der Waals surface area contributed by atoms with E-state index in [1.165, 1.54) is 5.56 Å². The van der Waals surface area contributed by atoms with E-state index in [0.717, 1.165) is 37.8 Å². The molecule has 0 aliphatic carbocycles. The number of carbonyl (C=O) groups excluding carboxylic acids is 1. The summed E-state index contributed by atoms with van der Waals surface area (Å²) in [7, 11) is 1.63. The number of guanidine groups is 1. The third-order valence-corrected chi connectivity index (χ3v) is 5.39. The number of benzene rings is 2. The molecule has 2 aliphatic rings. The summed E-state index contributed by atoms with van der Waals surface area (Å²) in [6, 6.07) is 18.1. The minimum atomic E-state index is 0.0722. The van der Waals surface area contributed by atoms with Gasteiger partial charge in [-0.2, -0.15) is 0 Å². The van der Waals surface area contributed by atoms with Crippen LogP contribution in [0.5, 0.6) is 5.75 Å². The normalized spacial score (nSPS) is 19.6. The van der Waals surface area contributed by atoms with E-state index in [9.17, 15) is 4.79 Å². The zero-order chi connectivity index (χ0) is 19.3. The molecule has 2 aliphatic heterocycles. The summed E-state index contributed by atoms with van der Waals surface area (Å²) in [6.07, 6.45) is 1.00. The predicted octanol–water partition coefficient (Wildman–Crippen LogP) is 2.54. The molecule has 0 spiro atoms. The Morgan fingerprint density at radius 1 is 1.04 bits per heavy atom. The maximum absolute atomic E-state index is 12.7. The summed E-state index contributed by atoms with van der Waals surface area (Å²) in [5, 5.41) is 3.59. The number of rotatable bonds is 3. The van der Waals surface area contributed by atoms with E-state index in [1.54, 1.807) is 7.11 Å². The highest BCUT2D eigenvalue weighted by atomic mass is 16.5. The lowest BCUT2D eigenvalue weighted by Gasteiger charge is -2.39. The zero-order valence-electron chi connectivity index (χ0n) is 16.2. The molecule has 1 atom stereocenters. The highest BCUT2D eigenvalue weighted by Crippen LogP contribution is 2.20. The highest BCUT2D eigenvalue weighted by Gasteiger charge is 2.26. The molecule has 6 nitrogen and oxygen atoms in total. The maximum atomic E-state index is 12.7. The Morgan fingerprint density at radius 2 is 1.75 bits per heavy atom. The second-order valence-corrected chi connectivity index (χ2v) is 7.11. The van der Waals surface area contributed by atoms with Crippen LogP contribution in [0, 0.1) is 0 Å². The average molecular weight is 378 g/mol. The number of ether oxygens (including phenoxy) is 1. The molecule has 4 rings (SSSR count). The molecule has 1 amide bonds. The van der Waals surface area contributed by atoms with Crippen molar-refractivity contribution in [2.45, 2.75) is 12.5 Å². The fourth-order valence-corrected chi connectivity index (χ4v) is 3.74. The second kappa shape index (κ2) is 8.33. The first-order valence-electron chi connectivity index (χ1n) is 9.79. The molecule has 1 N–H and O–H groups in total. The Labute approximate surface area is 165 Å². The Hall–Kier alpha value is -3.02. The van der Waals surface area contributed by atoms with Crippen molar-refractivity contribution in [3.05, 3.63) is 65.7 Å². The van der Waals surface area contributed by atoms with Crippen molar-refractivity contribution in [2.75, 3.05) is 39.8 Å². The van der Waals surface area contributed by atoms with E-state index in [-0.39, 0.29) is 5.91 Å². The molecule has 0 radical (unpaired) electrons. The number of carbonyl (C=O) groups is 1. The maximum Gasteiger partial charge on any atom is 0.253 e. The SMILES string of the molecule is COc1ccc(C(=O)N2CCN(C3=NCCC(c4ccccc4)N3)CC2)cc1. The van der Waals surface area contributed by atoms with Gasteiger partial charge < -0.3 is 19.9 Å². The first kappa shape index (κ1) is 18.3. The van der Waals surface area contributed by atoms with Gasteiger partial charge in [-0.25, -0.2) is 0 Å². The van der Waals surface area contributed by atoms with Crippen LogP contribution in [0.25, 0.3) is 0 Å². The van der Waals surface area contributed by atoms with E-state index < -0.39 is 0 Å². The van der Waals surface area contributed by atoms with E-state index in [2.05, 4.69) is 34.5 Å². The minimum absolute atomic E-state index is 0.0722. The summed E-state index contributed by atoms with van der Waals surface area (Å²) in [4.78, 5) is 21.6. The van der Waals surface area contributed by atoms with Crippen LogP contribution in [0.2, 0.25) is 0 Å². The lowest BCUT2D eigenvalue weighted by molar-refractivity contribution is 0.0688. The number of nitrogens with one attached hydrogen (secondary N) is 1. The summed E-state index contributed by atoms with van der Waals surface area (Å²) in [5.41, 5.74) is 2.00. The number of hydrogen-bond donors (Lipinski definition) is 1. The molecule has 0 aromatic heterocycles. The summed E-state index contributed by atoms with van der Waals surface area (Å²) in [5.74, 6) is 1.79. The number of amides is 1. The van der Waals surface area contributed by atoms with Crippen LogP contribution in [-0.2, 0) is 0 Å². The number of piperazine rings is 1. The van der Waals surface area contributed by atoms with Crippen LogP contribution in [0.15, 0.2) is 59.6 Å². The molecule has 1 unspecified atom stereocenters. The van der Waals surface area contributed by atoms with Crippen molar-refractivity contribution in [1.29, 1.82) is 0 Å². The number of methoxy groups -OCH3 is 1. The molecule has 2 aromatic rings. The Balaban J connectivity index is 1.34. The van der Waals surface area contributed by atoms with Crippen LogP contribution < -0.4 is 10.1 Å². The standard InChI is InChI=1S/C22H26N4O2/c1-28-19-9-7-18(8-10-19)21(27)25-13-15-26(16-14-25)22-23-12-11-20(24-22)17-5-3-2-4-6-17/h2-10,20H,11-16H2,1H3,(H,23,24). The lowest BCUT2D eigenvalue weighted by atomic mass is 10.0. The van der Waals surface area contributed by atoms with Gasteiger partial charge in [-0.05, 0) is 36.2 Å². The van der Waals surface area contributed by atoms with Crippen molar-refractivity contribution in [2.24, 2.45) is 4.99 Å². The van der Waals surface area contributed by atoms with Gasteiger partial charge in [0.05, 0.1) is 13.2 Å². The third-order valence-electron chi connectivity index (χ3n) is 5.39. The molecule has 0 bridgehead atoms. The van der Waals surface area contributed by atoms with Gasteiger partial charge in [0.15, 0.2) is 5.96 Å². The molecule has 1 fully saturated rings. The van der Waals surface area contributed by atoms with Gasteiger partial charge in [-0.15, -0.1) is 0 Å². The predicted molar refractivity (Wildman–Crippen MR) is 110 cm³/mol. The van der Waals surface area contributed by atoms with Gasteiger partial charge in [0.25, 0.3) is 5.91 Å². The number of hydrogen-bond acceptors (Lipinski definition) is 5. The van der Waals surface area contributed by atoms with Crippen molar-refractivity contribution in [3.8, 4) is 5.75 Å². The monoisotopic (exact) mass is 378 g/mol. The average Bonchev–Trinajstić information content (AvgIpc) is 2.79. The Kier molecular flexibility index (Phi) is 5.46. The molecule has 6 heteroatoms. The number of nitrogens with zero attached hydrogens (tertiary/aromatic N) is 3. The quantitative estimate of drug-likeness (QED) is 0.892. The van der Waals surface area contributed by atoms with E-state index in [1.807, 2.05) is 35.2 Å². The molecule has 1 saturated heterocycles. The summed E-state index contributed by atoms with van der Waals surface area (Å²) in [6.45, 7) is 3.79. The fourth-order valence-electron chi connectivity index (χ4n) is 3.74. The smallest absolute Gasteiger partial charge is 0.253 e. The van der Waals surface area contributed by atoms with Crippen LogP contribution in [-0.4, -0.2) is 61.5 Å². The van der Waals surface area contributed by atoms with E-state index >= 15 is 0 Å². The fraction of sp³-hybridized carbons (Fsp3) is 0.364. The van der Waals surface area contributed by atoms with Gasteiger partial charge >= 0.3 is 0 Å². The number of aliphatic imine (C=N–C) groups is 1. The Morgan fingerprint density at radius 3 is 2.43 bits per heavy atom. The molecule has 146 valence electrons. The lowest BCUT2D eigenvalue weighted by Crippen LogP contribution is -2.55. The van der Waals surface area contributed by atoms with Crippen molar-refractivity contribution in [3.63, 3.8) is 0 Å². The van der Waals surface area contributed by atoms with Crippen molar-refractivity contribution < 1.29 is 9.53 Å². The first-order valence-corrected chi connectivity index (χ1v) is 9.79. The first-order chi connectivity index (χ1) is 13.7. The topological polar surface area (TPSA) is 57.2 Å². The van der Waals surface area contributed by atoms with Gasteiger partial charge in [-0.1, -0.05) is 30.3 Å². The molecule has 2 aromatic carbocycles.